The minimum Gasteiger partial charge on any atom is -0.506 e. The molecule has 1 aromatic rings. The van der Waals surface area contributed by atoms with Crippen LogP contribution in [0.2, 0.25) is 0 Å². The lowest BCUT2D eigenvalue weighted by Crippen LogP contribution is -2.37. The number of nitrogens with one attached hydrogen (secondary N) is 1. The quantitative estimate of drug-likeness (QED) is 0.790. The number of benzene rings is 1. The van der Waals surface area contributed by atoms with E-state index in [9.17, 15) is 5.11 Å². The fourth-order valence-electron chi connectivity index (χ4n) is 1.21. The van der Waals surface area contributed by atoms with E-state index < -0.39 is 0 Å². The van der Waals surface area contributed by atoms with E-state index >= 15 is 0 Å². The molecule has 1 rings (SSSR count). The van der Waals surface area contributed by atoms with Gasteiger partial charge in [0.25, 0.3) is 0 Å². The molecule has 2 N–H and O–H groups in total. The van der Waals surface area contributed by atoms with Gasteiger partial charge in [0, 0.05) is 22.1 Å². The van der Waals surface area contributed by atoms with E-state index in [0.717, 1.165) is 16.5 Å². The van der Waals surface area contributed by atoms with Gasteiger partial charge in [-0.15, -0.1) is 12.4 Å². The lowest BCUT2D eigenvalue weighted by molar-refractivity contribution is 0.369. The Hall–Kier alpha value is 0.230. The van der Waals surface area contributed by atoms with Crippen molar-refractivity contribution in [2.24, 2.45) is 0 Å². The zero-order valence-corrected chi connectivity index (χ0v) is 14.2. The number of hydrogen-bond acceptors (Lipinski definition) is 2. The molecule has 0 aliphatic rings. The highest BCUT2D eigenvalue weighted by Crippen LogP contribution is 2.31. The van der Waals surface area contributed by atoms with Gasteiger partial charge in [0.2, 0.25) is 0 Å². The highest BCUT2D eigenvalue weighted by molar-refractivity contribution is 9.11. The third-order valence-corrected chi connectivity index (χ3v) is 3.81. The Morgan fingerprint density at radius 1 is 1.29 bits per heavy atom. The van der Waals surface area contributed by atoms with Crippen molar-refractivity contribution in [2.75, 3.05) is 0 Å². The molecule has 0 fully saturated rings. The number of aromatic hydroxyl groups is 1. The maximum absolute atomic E-state index is 9.88. The summed E-state index contributed by atoms with van der Waals surface area (Å²) in [5.74, 6) is 0.308. The average Bonchev–Trinajstić information content (AvgIpc) is 2.21. The molecule has 0 atom stereocenters. The van der Waals surface area contributed by atoms with Gasteiger partial charge < -0.3 is 10.4 Å². The first-order valence-electron chi connectivity index (χ1n) is 5.27. The Morgan fingerprint density at radius 2 is 1.88 bits per heavy atom. The van der Waals surface area contributed by atoms with Crippen LogP contribution in [0.5, 0.6) is 5.75 Å². The summed E-state index contributed by atoms with van der Waals surface area (Å²) in [5, 5.41) is 13.3. The molecule has 0 heterocycles. The zero-order valence-electron chi connectivity index (χ0n) is 10.2. The van der Waals surface area contributed by atoms with Crippen molar-refractivity contribution < 1.29 is 5.11 Å². The predicted octanol–water partition coefficient (Wildman–Crippen LogP) is 4.62. The Bertz CT molecular complexity index is 383. The summed E-state index contributed by atoms with van der Waals surface area (Å²) in [4.78, 5) is 0. The van der Waals surface area contributed by atoms with Crippen molar-refractivity contribution in [1.82, 2.24) is 5.32 Å². The summed E-state index contributed by atoms with van der Waals surface area (Å²) in [6, 6.07) is 3.77. The number of phenolic OH excluding ortho intramolecular Hbond substituents is 1. The number of halogens is 3. The van der Waals surface area contributed by atoms with E-state index in [1.54, 1.807) is 0 Å². The van der Waals surface area contributed by atoms with Crippen molar-refractivity contribution in [3.05, 3.63) is 26.6 Å². The third kappa shape index (κ3) is 5.16. The Balaban J connectivity index is 0.00000256. The first kappa shape index (κ1) is 17.2. The van der Waals surface area contributed by atoms with Crippen LogP contribution in [0, 0.1) is 0 Å². The van der Waals surface area contributed by atoms with E-state index in [4.69, 9.17) is 0 Å². The van der Waals surface area contributed by atoms with Crippen LogP contribution >= 0.6 is 44.3 Å². The minimum atomic E-state index is 0. The van der Waals surface area contributed by atoms with Gasteiger partial charge in [-0.25, -0.2) is 0 Å². The topological polar surface area (TPSA) is 32.3 Å². The van der Waals surface area contributed by atoms with Gasteiger partial charge in [-0.2, -0.15) is 0 Å². The maximum atomic E-state index is 9.88. The highest BCUT2D eigenvalue weighted by atomic mass is 79.9. The molecule has 0 radical (unpaired) electrons. The van der Waals surface area contributed by atoms with Gasteiger partial charge >= 0.3 is 0 Å². The van der Waals surface area contributed by atoms with Crippen LogP contribution in [-0.2, 0) is 6.54 Å². The van der Waals surface area contributed by atoms with Crippen LogP contribution in [0.4, 0.5) is 0 Å². The molecular weight excluding hydrogens is 369 g/mol. The Kier molecular flexibility index (Phi) is 7.07. The monoisotopic (exact) mass is 385 g/mol. The van der Waals surface area contributed by atoms with Crippen LogP contribution in [-0.4, -0.2) is 10.6 Å². The molecule has 0 amide bonds. The second kappa shape index (κ2) is 6.98. The second-order valence-electron chi connectivity index (χ2n) is 4.49. The molecule has 0 bridgehead atoms. The number of phenols is 1. The first-order chi connectivity index (χ1) is 7.35. The van der Waals surface area contributed by atoms with Crippen LogP contribution in [0.15, 0.2) is 21.1 Å². The molecule has 0 aliphatic heterocycles. The van der Waals surface area contributed by atoms with Crippen LogP contribution in [0.25, 0.3) is 0 Å². The molecule has 0 saturated carbocycles. The molecule has 5 heteroatoms. The Morgan fingerprint density at radius 3 is 2.41 bits per heavy atom. The fourth-order valence-corrected chi connectivity index (χ4v) is 2.53. The van der Waals surface area contributed by atoms with Crippen LogP contribution in [0.3, 0.4) is 0 Å². The maximum Gasteiger partial charge on any atom is 0.134 e. The average molecular weight is 388 g/mol. The van der Waals surface area contributed by atoms with E-state index in [1.165, 1.54) is 0 Å². The smallest absolute Gasteiger partial charge is 0.134 e. The molecule has 98 valence electrons. The summed E-state index contributed by atoms with van der Waals surface area (Å²) in [5.41, 5.74) is 0.976. The highest BCUT2D eigenvalue weighted by Gasteiger charge is 2.15. The number of hydrogen-bond donors (Lipinski definition) is 2. The molecule has 2 nitrogen and oxygen atoms in total. The molecule has 0 aromatic heterocycles. The molecule has 17 heavy (non-hydrogen) atoms. The second-order valence-corrected chi connectivity index (χ2v) is 6.26. The molecule has 0 aliphatic carbocycles. The zero-order chi connectivity index (χ0) is 12.3. The standard InChI is InChI=1S/C12H17Br2NO.ClH/c1-4-12(2,3)15-7-8-5-9(13)6-10(14)11(8)16;/h5-6,15-16H,4,7H2,1-3H3;1H. The largest absolute Gasteiger partial charge is 0.506 e. The lowest BCUT2D eigenvalue weighted by atomic mass is 10.0. The van der Waals surface area contributed by atoms with Crippen molar-refractivity contribution >= 4 is 44.3 Å². The lowest BCUT2D eigenvalue weighted by Gasteiger charge is -2.25. The van der Waals surface area contributed by atoms with Crippen LogP contribution < -0.4 is 5.32 Å². The van der Waals surface area contributed by atoms with Crippen molar-refractivity contribution in [3.8, 4) is 5.75 Å². The third-order valence-electron chi connectivity index (χ3n) is 2.75. The Labute approximate surface area is 126 Å². The molecular formula is C12H18Br2ClNO. The van der Waals surface area contributed by atoms with Gasteiger partial charge in [0.05, 0.1) is 4.47 Å². The molecule has 0 spiro atoms. The van der Waals surface area contributed by atoms with Gasteiger partial charge in [0.15, 0.2) is 0 Å². The number of rotatable bonds is 4. The van der Waals surface area contributed by atoms with Gasteiger partial charge in [-0.05, 0) is 48.3 Å². The van der Waals surface area contributed by atoms with Crippen molar-refractivity contribution in [3.63, 3.8) is 0 Å². The summed E-state index contributed by atoms with van der Waals surface area (Å²) >= 11 is 6.74. The molecule has 0 saturated heterocycles. The van der Waals surface area contributed by atoms with Gasteiger partial charge in [0.1, 0.15) is 5.75 Å². The van der Waals surface area contributed by atoms with Crippen molar-refractivity contribution in [1.29, 1.82) is 0 Å². The SMILES string of the molecule is CCC(C)(C)NCc1cc(Br)cc(Br)c1O.Cl. The van der Waals surface area contributed by atoms with Crippen molar-refractivity contribution in [2.45, 2.75) is 39.3 Å². The molecule has 0 unspecified atom stereocenters. The van der Waals surface area contributed by atoms with E-state index in [1.807, 2.05) is 12.1 Å². The summed E-state index contributed by atoms with van der Waals surface area (Å²) in [6.07, 6.45) is 1.04. The normalized spacial score (nSPS) is 11.1. The van der Waals surface area contributed by atoms with Crippen LogP contribution in [0.1, 0.15) is 32.8 Å². The fraction of sp³-hybridized carbons (Fsp3) is 0.500. The minimum absolute atomic E-state index is 0. The summed E-state index contributed by atoms with van der Waals surface area (Å²) in [6.45, 7) is 7.10. The van der Waals surface area contributed by atoms with Gasteiger partial charge in [-0.1, -0.05) is 22.9 Å². The summed E-state index contributed by atoms with van der Waals surface area (Å²) < 4.78 is 1.68. The predicted molar refractivity (Wildman–Crippen MR) is 82.0 cm³/mol. The van der Waals surface area contributed by atoms with E-state index in [2.05, 4.69) is 57.9 Å². The van der Waals surface area contributed by atoms with E-state index in [-0.39, 0.29) is 17.9 Å². The first-order valence-corrected chi connectivity index (χ1v) is 6.86. The summed E-state index contributed by atoms with van der Waals surface area (Å²) in [7, 11) is 0. The molecule has 1 aromatic carbocycles. The van der Waals surface area contributed by atoms with E-state index in [0.29, 0.717) is 16.8 Å². The van der Waals surface area contributed by atoms with Gasteiger partial charge in [-0.3, -0.25) is 0 Å².